The normalized spacial score (nSPS) is 11.8. The van der Waals surface area contributed by atoms with Crippen molar-refractivity contribution in [1.82, 2.24) is 9.71 Å². The summed E-state index contributed by atoms with van der Waals surface area (Å²) in [7, 11) is -1.88. The van der Waals surface area contributed by atoms with E-state index in [0.29, 0.717) is 22.8 Å². The van der Waals surface area contributed by atoms with Gasteiger partial charge < -0.3 is 5.32 Å². The maximum Gasteiger partial charge on any atom is 0.244 e. The van der Waals surface area contributed by atoms with Crippen molar-refractivity contribution in [1.29, 1.82) is 0 Å². The van der Waals surface area contributed by atoms with Crippen LogP contribution in [0.4, 0.5) is 5.82 Å². The summed E-state index contributed by atoms with van der Waals surface area (Å²) >= 11 is 3.24. The first-order valence-corrected chi connectivity index (χ1v) is 8.47. The fourth-order valence-corrected chi connectivity index (χ4v) is 3.35. The highest BCUT2D eigenvalue weighted by Crippen LogP contribution is 2.22. The lowest BCUT2D eigenvalue weighted by atomic mass is 10.1. The average molecular weight is 350 g/mol. The highest BCUT2D eigenvalue weighted by Gasteiger charge is 2.19. The summed E-state index contributed by atoms with van der Waals surface area (Å²) in [4.78, 5) is 4.20. The lowest BCUT2D eigenvalue weighted by Crippen LogP contribution is -2.26. The maximum absolute atomic E-state index is 12.2. The van der Waals surface area contributed by atoms with Gasteiger partial charge in [0.05, 0.1) is 0 Å². The van der Waals surface area contributed by atoms with Gasteiger partial charge in [-0.25, -0.2) is 18.1 Å². The van der Waals surface area contributed by atoms with Crippen LogP contribution in [0.1, 0.15) is 26.7 Å². The Balaban J connectivity index is 2.79. The van der Waals surface area contributed by atoms with Gasteiger partial charge in [-0.2, -0.15) is 0 Å². The van der Waals surface area contributed by atoms with Crippen LogP contribution in [0.2, 0.25) is 0 Å². The van der Waals surface area contributed by atoms with Crippen molar-refractivity contribution in [2.45, 2.75) is 31.6 Å². The number of hydrogen-bond acceptors (Lipinski definition) is 4. The van der Waals surface area contributed by atoms with Crippen molar-refractivity contribution in [3.63, 3.8) is 0 Å². The van der Waals surface area contributed by atoms with Crippen LogP contribution >= 0.6 is 15.9 Å². The van der Waals surface area contributed by atoms with Gasteiger partial charge in [0.25, 0.3) is 0 Å². The Morgan fingerprint density at radius 1 is 1.42 bits per heavy atom. The van der Waals surface area contributed by atoms with Crippen LogP contribution in [0, 0.1) is 5.92 Å². The van der Waals surface area contributed by atoms with Crippen molar-refractivity contribution in [2.75, 3.05) is 18.9 Å². The molecule has 1 heterocycles. The second-order valence-electron chi connectivity index (χ2n) is 4.68. The van der Waals surface area contributed by atoms with E-state index in [1.807, 2.05) is 0 Å². The molecule has 0 radical (unpaired) electrons. The number of nitrogens with zero attached hydrogens (tertiary/aromatic N) is 1. The third-order valence-electron chi connectivity index (χ3n) is 2.60. The molecule has 5 nitrogen and oxygen atoms in total. The smallest absolute Gasteiger partial charge is 0.244 e. The Kier molecular flexibility index (Phi) is 6.22. The molecule has 0 saturated carbocycles. The zero-order chi connectivity index (χ0) is 14.5. The van der Waals surface area contributed by atoms with Gasteiger partial charge in [0.2, 0.25) is 10.0 Å². The Hall–Kier alpha value is -0.660. The summed E-state index contributed by atoms with van der Waals surface area (Å²) in [5.74, 6) is 0.921. The molecule has 0 aromatic carbocycles. The topological polar surface area (TPSA) is 71.1 Å². The van der Waals surface area contributed by atoms with Crippen molar-refractivity contribution in [3.05, 3.63) is 16.7 Å². The Labute approximate surface area is 123 Å². The molecule has 0 fully saturated rings. The molecular formula is C12H20BrN3O2S. The van der Waals surface area contributed by atoms with E-state index in [1.165, 1.54) is 0 Å². The number of nitrogens with one attached hydrogen (secondary N) is 2. The lowest BCUT2D eigenvalue weighted by molar-refractivity contribution is 0.540. The predicted molar refractivity (Wildman–Crippen MR) is 80.7 cm³/mol. The molecule has 2 N–H and O–H groups in total. The standard InChI is InChI=1S/C12H20BrN3O2S/c1-9(2)5-4-6-16-19(17,18)11-7-10(13)8-15-12(11)14-3/h7-9,16H,4-6H2,1-3H3,(H,14,15). The first-order valence-electron chi connectivity index (χ1n) is 6.19. The van der Waals surface area contributed by atoms with Crippen LogP contribution in [0.3, 0.4) is 0 Å². The molecule has 1 aromatic rings. The fourth-order valence-electron chi connectivity index (χ4n) is 1.61. The van der Waals surface area contributed by atoms with Gasteiger partial charge in [0.1, 0.15) is 10.7 Å². The second-order valence-corrected chi connectivity index (χ2v) is 7.34. The first-order chi connectivity index (χ1) is 8.86. The number of halogens is 1. The molecule has 0 aliphatic carbocycles. The van der Waals surface area contributed by atoms with Crippen molar-refractivity contribution in [3.8, 4) is 0 Å². The van der Waals surface area contributed by atoms with Gasteiger partial charge in [-0.3, -0.25) is 0 Å². The van der Waals surface area contributed by atoms with E-state index in [0.717, 1.165) is 12.8 Å². The number of rotatable bonds is 7. The number of aromatic nitrogens is 1. The molecule has 0 aliphatic heterocycles. The molecule has 0 saturated heterocycles. The summed E-state index contributed by atoms with van der Waals surface area (Å²) in [6.45, 7) is 4.67. The van der Waals surface area contributed by atoms with Gasteiger partial charge >= 0.3 is 0 Å². The molecule has 0 atom stereocenters. The van der Waals surface area contributed by atoms with Gasteiger partial charge in [0, 0.05) is 24.3 Å². The van der Waals surface area contributed by atoms with Crippen LogP contribution in [-0.4, -0.2) is 27.0 Å². The maximum atomic E-state index is 12.2. The van der Waals surface area contributed by atoms with Gasteiger partial charge in [-0.15, -0.1) is 0 Å². The minimum atomic E-state index is -3.53. The molecule has 7 heteroatoms. The third-order valence-corrected chi connectivity index (χ3v) is 4.50. The molecular weight excluding hydrogens is 330 g/mol. The quantitative estimate of drug-likeness (QED) is 0.742. The predicted octanol–water partition coefficient (Wildman–Crippen LogP) is 2.60. The molecule has 0 aliphatic rings. The van der Waals surface area contributed by atoms with Crippen LogP contribution in [-0.2, 0) is 10.0 Å². The summed E-state index contributed by atoms with van der Waals surface area (Å²) in [5, 5.41) is 2.79. The van der Waals surface area contributed by atoms with E-state index in [-0.39, 0.29) is 4.90 Å². The summed E-state index contributed by atoms with van der Waals surface area (Å²) in [5.41, 5.74) is 0. The van der Waals surface area contributed by atoms with E-state index in [4.69, 9.17) is 0 Å². The summed E-state index contributed by atoms with van der Waals surface area (Å²) in [6, 6.07) is 1.55. The van der Waals surface area contributed by atoms with Gasteiger partial charge in [-0.05, 0) is 40.8 Å². The van der Waals surface area contributed by atoms with E-state index in [1.54, 1.807) is 19.3 Å². The number of hydrogen-bond donors (Lipinski definition) is 2. The Morgan fingerprint density at radius 2 is 2.11 bits per heavy atom. The molecule has 0 amide bonds. The Morgan fingerprint density at radius 3 is 2.68 bits per heavy atom. The molecule has 0 spiro atoms. The van der Waals surface area contributed by atoms with Crippen LogP contribution in [0.5, 0.6) is 0 Å². The average Bonchev–Trinajstić information content (AvgIpc) is 2.34. The zero-order valence-electron chi connectivity index (χ0n) is 11.4. The van der Waals surface area contributed by atoms with Gasteiger partial charge in [0.15, 0.2) is 0 Å². The number of anilines is 1. The summed E-state index contributed by atoms with van der Waals surface area (Å²) in [6.07, 6.45) is 3.38. The van der Waals surface area contributed by atoms with Crippen LogP contribution in [0.25, 0.3) is 0 Å². The molecule has 0 bridgehead atoms. The monoisotopic (exact) mass is 349 g/mol. The van der Waals surface area contributed by atoms with E-state index < -0.39 is 10.0 Å². The van der Waals surface area contributed by atoms with Crippen molar-refractivity contribution in [2.24, 2.45) is 5.92 Å². The number of sulfonamides is 1. The fraction of sp³-hybridized carbons (Fsp3) is 0.583. The SMILES string of the molecule is CNc1ncc(Br)cc1S(=O)(=O)NCCCC(C)C. The molecule has 1 rings (SSSR count). The minimum Gasteiger partial charge on any atom is -0.372 e. The van der Waals surface area contributed by atoms with Crippen molar-refractivity contribution >= 4 is 31.8 Å². The molecule has 19 heavy (non-hydrogen) atoms. The van der Waals surface area contributed by atoms with E-state index >= 15 is 0 Å². The lowest BCUT2D eigenvalue weighted by Gasteiger charge is -2.11. The highest BCUT2D eigenvalue weighted by molar-refractivity contribution is 9.10. The molecule has 1 aromatic heterocycles. The Bertz CT molecular complexity index is 518. The van der Waals surface area contributed by atoms with E-state index in [2.05, 4.69) is 44.8 Å². The summed E-state index contributed by atoms with van der Waals surface area (Å²) < 4.78 is 27.6. The molecule has 0 unspecified atom stereocenters. The largest absolute Gasteiger partial charge is 0.372 e. The zero-order valence-corrected chi connectivity index (χ0v) is 13.8. The second kappa shape index (κ2) is 7.21. The van der Waals surface area contributed by atoms with Crippen molar-refractivity contribution < 1.29 is 8.42 Å². The number of pyridine rings is 1. The third kappa shape index (κ3) is 5.08. The molecule has 108 valence electrons. The van der Waals surface area contributed by atoms with Crippen LogP contribution < -0.4 is 10.0 Å². The minimum absolute atomic E-state index is 0.161. The van der Waals surface area contributed by atoms with Gasteiger partial charge in [-0.1, -0.05) is 13.8 Å². The first kappa shape index (κ1) is 16.4. The van der Waals surface area contributed by atoms with Crippen LogP contribution in [0.15, 0.2) is 21.6 Å². The highest BCUT2D eigenvalue weighted by atomic mass is 79.9. The van der Waals surface area contributed by atoms with E-state index in [9.17, 15) is 8.42 Å².